The summed E-state index contributed by atoms with van der Waals surface area (Å²) < 4.78 is 0. The lowest BCUT2D eigenvalue weighted by Crippen LogP contribution is -2.68. The highest BCUT2D eigenvalue weighted by molar-refractivity contribution is 7.40. The number of pyridine rings is 1. The third kappa shape index (κ3) is 6.76. The van der Waals surface area contributed by atoms with E-state index in [1.165, 1.54) is 60.9 Å². The molecule has 53 heavy (non-hydrogen) atoms. The maximum Gasteiger partial charge on any atom is 0.363 e. The quantitative estimate of drug-likeness (QED) is 0.139. The van der Waals surface area contributed by atoms with Gasteiger partial charge < -0.3 is 9.62 Å². The molecule has 0 bridgehead atoms. The minimum atomic E-state index is -2.39. The van der Waals surface area contributed by atoms with Gasteiger partial charge in [-0.2, -0.15) is 0 Å². The van der Waals surface area contributed by atoms with E-state index in [-0.39, 0.29) is 18.7 Å². The Labute approximate surface area is 319 Å². The molecule has 6 aromatic rings. The Morgan fingerprint density at radius 3 is 1.55 bits per heavy atom. The second kappa shape index (κ2) is 14.9. The van der Waals surface area contributed by atoms with Gasteiger partial charge in [0.2, 0.25) is 0 Å². The summed E-state index contributed by atoms with van der Waals surface area (Å²) in [7, 11) is -2.39. The number of hydrogen-bond donors (Lipinski definition) is 0. The van der Waals surface area contributed by atoms with Crippen molar-refractivity contribution >= 4 is 31.2 Å². The van der Waals surface area contributed by atoms with E-state index in [0.29, 0.717) is 11.8 Å². The van der Waals surface area contributed by atoms with Crippen LogP contribution in [-0.2, 0) is 0 Å². The summed E-state index contributed by atoms with van der Waals surface area (Å²) in [5, 5.41) is 1.44. The van der Waals surface area contributed by atoms with E-state index in [4.69, 9.17) is 4.98 Å². The van der Waals surface area contributed by atoms with Crippen molar-refractivity contribution in [3.63, 3.8) is 0 Å². The largest absolute Gasteiger partial charge is 0.389 e. The molecule has 0 N–H and O–H groups in total. The van der Waals surface area contributed by atoms with Crippen molar-refractivity contribution in [3.05, 3.63) is 179 Å². The molecule has 268 valence electrons. The lowest BCUT2D eigenvalue weighted by atomic mass is 9.87. The minimum absolute atomic E-state index is 0.000477. The molecule has 5 heteroatoms. The predicted molar refractivity (Wildman–Crippen MR) is 231 cm³/mol. The van der Waals surface area contributed by atoms with Crippen LogP contribution in [0.1, 0.15) is 90.6 Å². The minimum Gasteiger partial charge on any atom is -0.389 e. The molecule has 0 saturated carbocycles. The summed E-state index contributed by atoms with van der Waals surface area (Å²) in [6, 6.07) is 50.0. The highest BCUT2D eigenvalue weighted by atomic mass is 28.3. The van der Waals surface area contributed by atoms with Gasteiger partial charge in [-0.15, -0.1) is 0 Å². The van der Waals surface area contributed by atoms with Crippen LogP contribution in [0.25, 0.3) is 11.1 Å². The first-order valence-electron chi connectivity index (χ1n) is 19.4. The molecular formula is C48H54BN3Si. The second-order valence-electron chi connectivity index (χ2n) is 16.3. The molecule has 7 rings (SSSR count). The lowest BCUT2D eigenvalue weighted by Gasteiger charge is -2.42. The lowest BCUT2D eigenvalue weighted by molar-refractivity contribution is 0.611. The smallest absolute Gasteiger partial charge is 0.363 e. The molecule has 0 radical (unpaired) electrons. The zero-order valence-electron chi connectivity index (χ0n) is 33.0. The molecule has 0 unspecified atom stereocenters. The summed E-state index contributed by atoms with van der Waals surface area (Å²) in [5.74, 6) is 1.72. The summed E-state index contributed by atoms with van der Waals surface area (Å²) in [6.45, 7) is 21.2. The van der Waals surface area contributed by atoms with Crippen molar-refractivity contribution in [1.82, 2.24) is 4.98 Å². The standard InChI is InChI=1S/C48H54BN3Si/c1-33(2)42-26-19-27-43(34(3)4)48(42)52-47(39-22-15-11-16-23-39)46(38-20-13-10-14-21-38)51(49(52)53(8,9)41-24-17-12-18-25-41)44-29-28-40(32-50-44)45-36(6)30-35(5)31-37(45)7/h10-34,46-47H,1-9H3/t46-,47-/m0/s1. The molecule has 1 aliphatic rings. The van der Waals surface area contributed by atoms with Crippen molar-refractivity contribution in [2.45, 2.75) is 85.5 Å². The van der Waals surface area contributed by atoms with Crippen LogP contribution in [0.15, 0.2) is 140 Å². The van der Waals surface area contributed by atoms with Gasteiger partial charge in [-0.25, -0.2) is 4.98 Å². The van der Waals surface area contributed by atoms with Crippen LogP contribution in [-0.4, -0.2) is 19.5 Å². The number of hydrogen-bond acceptors (Lipinski definition) is 3. The van der Waals surface area contributed by atoms with Crippen LogP contribution >= 0.6 is 0 Å². The Balaban J connectivity index is 1.57. The summed E-state index contributed by atoms with van der Waals surface area (Å²) >= 11 is 0. The number of para-hydroxylation sites is 1. The van der Waals surface area contributed by atoms with Gasteiger partial charge in [0.25, 0.3) is 0 Å². The predicted octanol–water partition coefficient (Wildman–Crippen LogP) is 11.9. The van der Waals surface area contributed by atoms with Crippen LogP contribution in [0.4, 0.5) is 11.5 Å². The monoisotopic (exact) mass is 711 g/mol. The maximum atomic E-state index is 5.47. The van der Waals surface area contributed by atoms with E-state index in [0.717, 1.165) is 5.82 Å². The van der Waals surface area contributed by atoms with Crippen molar-refractivity contribution in [2.24, 2.45) is 0 Å². The van der Waals surface area contributed by atoms with E-state index in [1.54, 1.807) is 0 Å². The van der Waals surface area contributed by atoms with Crippen molar-refractivity contribution < 1.29 is 0 Å². The molecule has 1 saturated heterocycles. The molecule has 5 aromatic carbocycles. The zero-order valence-corrected chi connectivity index (χ0v) is 34.0. The first-order chi connectivity index (χ1) is 25.5. The molecule has 1 fully saturated rings. The second-order valence-corrected chi connectivity index (χ2v) is 20.8. The fraction of sp³-hybridized carbons (Fsp3) is 0.271. The van der Waals surface area contributed by atoms with Crippen LogP contribution < -0.4 is 14.8 Å². The van der Waals surface area contributed by atoms with Gasteiger partial charge in [-0.3, -0.25) is 0 Å². The Hall–Kier alpha value is -4.87. The van der Waals surface area contributed by atoms with Gasteiger partial charge in [0.05, 0.1) is 12.1 Å². The first kappa shape index (κ1) is 36.5. The maximum absolute atomic E-state index is 5.47. The van der Waals surface area contributed by atoms with Crippen molar-refractivity contribution in [3.8, 4) is 11.1 Å². The van der Waals surface area contributed by atoms with E-state index < -0.39 is 7.94 Å². The SMILES string of the molecule is Cc1cc(C)c(-c2ccc(N3B([Si](C)(C)c4ccccc4)N(c4c(C(C)C)cccc4C(C)C)[C@@H](c4ccccc4)[C@@H]3c3ccccc3)nc2)c(C)c1. The Morgan fingerprint density at radius 1 is 0.585 bits per heavy atom. The normalized spacial score (nSPS) is 16.2. The highest BCUT2D eigenvalue weighted by Gasteiger charge is 2.59. The van der Waals surface area contributed by atoms with Gasteiger partial charge >= 0.3 is 6.57 Å². The molecule has 1 aliphatic heterocycles. The molecule has 0 aliphatic carbocycles. The summed E-state index contributed by atoms with van der Waals surface area (Å²) in [6.07, 6.45) is 2.12. The average molecular weight is 712 g/mol. The number of nitrogens with zero attached hydrogens (tertiary/aromatic N) is 3. The summed E-state index contributed by atoms with van der Waals surface area (Å²) in [4.78, 5) is 11.1. The number of benzene rings is 5. The van der Waals surface area contributed by atoms with Crippen LogP contribution in [0.5, 0.6) is 0 Å². The van der Waals surface area contributed by atoms with E-state index in [2.05, 4.69) is 211 Å². The number of aryl methyl sites for hydroxylation is 3. The van der Waals surface area contributed by atoms with Gasteiger partial charge in [0.15, 0.2) is 0 Å². The highest BCUT2D eigenvalue weighted by Crippen LogP contribution is 2.53. The Kier molecular flexibility index (Phi) is 10.2. The average Bonchev–Trinajstić information content (AvgIpc) is 3.52. The van der Waals surface area contributed by atoms with Gasteiger partial charge in [-0.05, 0) is 83.7 Å². The number of anilines is 2. The van der Waals surface area contributed by atoms with Gasteiger partial charge in [-0.1, -0.05) is 173 Å². The fourth-order valence-corrected chi connectivity index (χ4v) is 12.4. The number of rotatable bonds is 9. The van der Waals surface area contributed by atoms with Gasteiger partial charge in [0.1, 0.15) is 13.8 Å². The zero-order chi connectivity index (χ0) is 37.4. The third-order valence-electron chi connectivity index (χ3n) is 11.4. The molecule has 1 aromatic heterocycles. The van der Waals surface area contributed by atoms with E-state index in [9.17, 15) is 0 Å². The Morgan fingerprint density at radius 2 is 1.08 bits per heavy atom. The summed E-state index contributed by atoms with van der Waals surface area (Å²) in [5.41, 5.74) is 13.1. The third-order valence-corrected chi connectivity index (χ3v) is 15.1. The molecule has 0 spiro atoms. The van der Waals surface area contributed by atoms with E-state index in [1.807, 2.05) is 0 Å². The molecule has 2 heterocycles. The molecular weight excluding hydrogens is 657 g/mol. The molecule has 3 nitrogen and oxygen atoms in total. The van der Waals surface area contributed by atoms with Crippen LogP contribution in [0, 0.1) is 20.8 Å². The van der Waals surface area contributed by atoms with E-state index >= 15 is 0 Å². The van der Waals surface area contributed by atoms with Crippen molar-refractivity contribution in [2.75, 3.05) is 9.62 Å². The first-order valence-corrected chi connectivity index (χ1v) is 22.5. The van der Waals surface area contributed by atoms with Crippen LogP contribution in [0.2, 0.25) is 13.1 Å². The van der Waals surface area contributed by atoms with Crippen LogP contribution in [0.3, 0.4) is 0 Å². The molecule has 0 amide bonds. The Bertz CT molecular complexity index is 2120. The molecule has 2 atom stereocenters. The van der Waals surface area contributed by atoms with Gasteiger partial charge in [0, 0.05) is 17.4 Å². The topological polar surface area (TPSA) is 19.4 Å². The fourth-order valence-electron chi connectivity index (χ4n) is 9.10. The number of aromatic nitrogens is 1. The van der Waals surface area contributed by atoms with Crippen molar-refractivity contribution in [1.29, 1.82) is 0 Å².